The second-order valence-electron chi connectivity index (χ2n) is 5.76. The first-order valence-electron chi connectivity index (χ1n) is 7.77. The zero-order valence-electron chi connectivity index (χ0n) is 14.0. The van der Waals surface area contributed by atoms with Gasteiger partial charge in [-0.2, -0.15) is 0 Å². The molecule has 6 nitrogen and oxygen atoms in total. The van der Waals surface area contributed by atoms with Crippen LogP contribution < -0.4 is 9.64 Å². The molecule has 0 saturated heterocycles. The van der Waals surface area contributed by atoms with Gasteiger partial charge in [-0.05, 0) is 17.7 Å². The predicted molar refractivity (Wildman–Crippen MR) is 92.6 cm³/mol. The molecule has 0 bridgehead atoms. The molecule has 2 aromatic rings. The third-order valence-corrected chi connectivity index (χ3v) is 3.77. The van der Waals surface area contributed by atoms with Crippen LogP contribution in [-0.2, 0) is 16.1 Å². The van der Waals surface area contributed by atoms with E-state index < -0.39 is 12.3 Å². The van der Waals surface area contributed by atoms with Gasteiger partial charge in [0.05, 0.1) is 16.8 Å². The lowest BCUT2D eigenvalue weighted by Gasteiger charge is -2.23. The fourth-order valence-corrected chi connectivity index (χ4v) is 2.54. The quantitative estimate of drug-likeness (QED) is 0.867. The Morgan fingerprint density at radius 3 is 2.44 bits per heavy atom. The molecule has 1 aliphatic rings. The summed E-state index contributed by atoms with van der Waals surface area (Å²) in [4.78, 5) is 13.3. The lowest BCUT2D eigenvalue weighted by Crippen LogP contribution is -2.15. The van der Waals surface area contributed by atoms with Crippen molar-refractivity contribution < 1.29 is 24.1 Å². The zero-order valence-corrected chi connectivity index (χ0v) is 14.0. The summed E-state index contributed by atoms with van der Waals surface area (Å²) in [6.45, 7) is 0.348. The van der Waals surface area contributed by atoms with Gasteiger partial charge in [0, 0.05) is 14.1 Å². The average molecular weight is 341 g/mol. The molecule has 1 aliphatic heterocycles. The Bertz CT molecular complexity index is 778. The number of ether oxygens (including phenoxy) is 3. The maximum absolute atomic E-state index is 11.5. The Labute approximate surface area is 145 Å². The Morgan fingerprint density at radius 2 is 1.84 bits per heavy atom. The molecule has 0 radical (unpaired) electrons. The van der Waals surface area contributed by atoms with Crippen molar-refractivity contribution in [3.63, 3.8) is 0 Å². The lowest BCUT2D eigenvalue weighted by molar-refractivity contribution is -0.0265. The van der Waals surface area contributed by atoms with E-state index in [2.05, 4.69) is 0 Å². The van der Waals surface area contributed by atoms with E-state index in [9.17, 15) is 9.90 Å². The number of carboxylic acid groups (broad SMARTS) is 1. The van der Waals surface area contributed by atoms with E-state index in [1.165, 1.54) is 18.6 Å². The molecule has 2 aromatic carbocycles. The summed E-state index contributed by atoms with van der Waals surface area (Å²) in [5.41, 5.74) is 2.33. The van der Waals surface area contributed by atoms with Crippen molar-refractivity contribution in [3.8, 4) is 5.75 Å². The van der Waals surface area contributed by atoms with Gasteiger partial charge in [-0.3, -0.25) is 0 Å². The third-order valence-electron chi connectivity index (χ3n) is 3.77. The van der Waals surface area contributed by atoms with Gasteiger partial charge in [0.1, 0.15) is 19.1 Å². The van der Waals surface area contributed by atoms with Gasteiger partial charge in [0.15, 0.2) is 5.75 Å². The smallest absolute Gasteiger partial charge is 0.335 e. The Balaban J connectivity index is 2.01. The third kappa shape index (κ3) is 3.68. The number of anilines is 1. The van der Waals surface area contributed by atoms with Crippen molar-refractivity contribution in [2.45, 2.75) is 12.9 Å². The highest BCUT2D eigenvalue weighted by Crippen LogP contribution is 2.40. The first-order chi connectivity index (χ1) is 12.1. The molecule has 0 aromatic heterocycles. The number of carbonyl (C=O) groups is 1. The van der Waals surface area contributed by atoms with Crippen molar-refractivity contribution in [1.82, 2.24) is 0 Å². The molecule has 0 fully saturated rings. The SMILES string of the molecule is CN(C)c1cc(C(=O)O)cc(C2OC=CO2)c1OCc1ccccc1. The van der Waals surface area contributed by atoms with Crippen LogP contribution >= 0.6 is 0 Å². The number of rotatable bonds is 6. The van der Waals surface area contributed by atoms with Crippen molar-refractivity contribution in [2.75, 3.05) is 19.0 Å². The highest BCUT2D eigenvalue weighted by Gasteiger charge is 2.26. The molecular formula is C19H19NO5. The summed E-state index contributed by atoms with van der Waals surface area (Å²) >= 11 is 0. The topological polar surface area (TPSA) is 68.2 Å². The van der Waals surface area contributed by atoms with Crippen LogP contribution in [0.5, 0.6) is 5.75 Å². The maximum atomic E-state index is 11.5. The fourth-order valence-electron chi connectivity index (χ4n) is 2.54. The molecule has 3 rings (SSSR count). The van der Waals surface area contributed by atoms with Crippen LogP contribution in [0.2, 0.25) is 0 Å². The van der Waals surface area contributed by atoms with Crippen LogP contribution in [0.15, 0.2) is 55.0 Å². The standard InChI is InChI=1S/C19H19NO5/c1-20(2)16-11-14(18(21)22)10-15(19-23-8-9-24-19)17(16)25-12-13-6-4-3-5-7-13/h3-11,19H,12H2,1-2H3,(H,21,22). The molecule has 0 spiro atoms. The van der Waals surface area contributed by atoms with Gasteiger partial charge in [0.25, 0.3) is 6.29 Å². The fraction of sp³-hybridized carbons (Fsp3) is 0.211. The summed E-state index contributed by atoms with van der Waals surface area (Å²) in [5, 5.41) is 9.40. The minimum absolute atomic E-state index is 0.143. The summed E-state index contributed by atoms with van der Waals surface area (Å²) in [6, 6.07) is 12.8. The molecule has 1 heterocycles. The van der Waals surface area contributed by atoms with E-state index in [-0.39, 0.29) is 5.56 Å². The number of nitrogens with zero attached hydrogens (tertiary/aromatic N) is 1. The molecule has 6 heteroatoms. The predicted octanol–water partition coefficient (Wildman–Crippen LogP) is 3.55. The van der Waals surface area contributed by atoms with Gasteiger partial charge in [-0.25, -0.2) is 4.79 Å². The summed E-state index contributed by atoms with van der Waals surface area (Å²) in [5.74, 6) is -0.488. The van der Waals surface area contributed by atoms with Crippen LogP contribution in [0.1, 0.15) is 27.8 Å². The number of hydrogen-bond acceptors (Lipinski definition) is 5. The van der Waals surface area contributed by atoms with Gasteiger partial charge in [-0.1, -0.05) is 30.3 Å². The van der Waals surface area contributed by atoms with Gasteiger partial charge >= 0.3 is 5.97 Å². The van der Waals surface area contributed by atoms with E-state index >= 15 is 0 Å². The second-order valence-corrected chi connectivity index (χ2v) is 5.76. The molecule has 25 heavy (non-hydrogen) atoms. The minimum Gasteiger partial charge on any atom is -0.486 e. The second kappa shape index (κ2) is 7.17. The highest BCUT2D eigenvalue weighted by atomic mass is 16.7. The van der Waals surface area contributed by atoms with Crippen LogP contribution in [0.3, 0.4) is 0 Å². The number of aromatic carboxylic acids is 1. The van der Waals surface area contributed by atoms with Crippen molar-refractivity contribution in [1.29, 1.82) is 0 Å². The van der Waals surface area contributed by atoms with E-state index in [0.29, 0.717) is 23.6 Å². The van der Waals surface area contributed by atoms with E-state index in [4.69, 9.17) is 14.2 Å². The summed E-state index contributed by atoms with van der Waals surface area (Å²) < 4.78 is 16.9. The molecule has 0 saturated carbocycles. The van der Waals surface area contributed by atoms with Gasteiger partial charge in [0.2, 0.25) is 0 Å². The maximum Gasteiger partial charge on any atom is 0.335 e. The van der Waals surface area contributed by atoms with E-state index in [0.717, 1.165) is 5.56 Å². The average Bonchev–Trinajstić information content (AvgIpc) is 3.14. The van der Waals surface area contributed by atoms with Gasteiger partial charge in [-0.15, -0.1) is 0 Å². The molecule has 1 N–H and O–H groups in total. The lowest BCUT2D eigenvalue weighted by atomic mass is 10.1. The molecule has 0 unspecified atom stereocenters. The highest BCUT2D eigenvalue weighted by molar-refractivity contribution is 5.90. The van der Waals surface area contributed by atoms with Crippen LogP contribution in [0, 0.1) is 0 Å². The zero-order chi connectivity index (χ0) is 17.8. The molecular weight excluding hydrogens is 322 g/mol. The van der Waals surface area contributed by atoms with Crippen molar-refractivity contribution in [2.24, 2.45) is 0 Å². The summed E-state index contributed by atoms with van der Waals surface area (Å²) in [7, 11) is 3.66. The van der Waals surface area contributed by atoms with Gasteiger partial charge < -0.3 is 24.2 Å². The Hall–Kier alpha value is -3.15. The number of benzene rings is 2. The number of hydrogen-bond donors (Lipinski definition) is 1. The molecule has 0 amide bonds. The van der Waals surface area contributed by atoms with Crippen molar-refractivity contribution >= 4 is 11.7 Å². The van der Waals surface area contributed by atoms with E-state index in [1.54, 1.807) is 11.0 Å². The molecule has 130 valence electrons. The Kier molecular flexibility index (Phi) is 4.79. The van der Waals surface area contributed by atoms with Crippen LogP contribution in [-0.4, -0.2) is 25.2 Å². The van der Waals surface area contributed by atoms with Crippen LogP contribution in [0.4, 0.5) is 5.69 Å². The normalized spacial score (nSPS) is 13.2. The van der Waals surface area contributed by atoms with E-state index in [1.807, 2.05) is 44.4 Å². The summed E-state index contributed by atoms with van der Waals surface area (Å²) in [6.07, 6.45) is 2.12. The first-order valence-corrected chi connectivity index (χ1v) is 7.77. The van der Waals surface area contributed by atoms with Crippen LogP contribution in [0.25, 0.3) is 0 Å². The minimum atomic E-state index is -1.02. The number of carboxylic acids is 1. The monoisotopic (exact) mass is 341 g/mol. The largest absolute Gasteiger partial charge is 0.486 e. The molecule has 0 atom stereocenters. The first kappa shape index (κ1) is 16.7. The Morgan fingerprint density at radius 1 is 1.16 bits per heavy atom. The van der Waals surface area contributed by atoms with Crippen molar-refractivity contribution in [3.05, 3.63) is 71.7 Å². The molecule has 0 aliphatic carbocycles.